The van der Waals surface area contributed by atoms with E-state index in [4.69, 9.17) is 11.6 Å². The number of rotatable bonds is 5. The van der Waals surface area contributed by atoms with Crippen LogP contribution in [0, 0.1) is 5.92 Å². The van der Waals surface area contributed by atoms with E-state index >= 15 is 0 Å². The fraction of sp³-hybridized carbons (Fsp3) is 0.714. The topological polar surface area (TPSA) is 50.2 Å². The van der Waals surface area contributed by atoms with E-state index in [0.29, 0.717) is 17.5 Å². The highest BCUT2D eigenvalue weighted by molar-refractivity contribution is 6.33. The molecule has 1 saturated heterocycles. The standard InChI is InChI=1S/C14H23ClN4O/c1-3-6-19-14(20)13(15)12(9-17-19)18-7-4-5-11(10-18)8-16-2/h9,11,16H,3-8,10H2,1-2H3. The molecule has 0 aromatic carbocycles. The lowest BCUT2D eigenvalue weighted by Crippen LogP contribution is -2.40. The third kappa shape index (κ3) is 3.33. The molecule has 0 radical (unpaired) electrons. The van der Waals surface area contributed by atoms with Gasteiger partial charge in [-0.2, -0.15) is 5.10 Å². The monoisotopic (exact) mass is 298 g/mol. The van der Waals surface area contributed by atoms with Gasteiger partial charge in [0.2, 0.25) is 0 Å². The van der Waals surface area contributed by atoms with E-state index in [1.54, 1.807) is 6.20 Å². The number of hydrogen-bond donors (Lipinski definition) is 1. The van der Waals surface area contributed by atoms with Gasteiger partial charge in [0.05, 0.1) is 11.9 Å². The molecule has 1 atom stereocenters. The largest absolute Gasteiger partial charge is 0.369 e. The van der Waals surface area contributed by atoms with Crippen LogP contribution in [-0.4, -0.2) is 36.5 Å². The molecule has 1 aliphatic heterocycles. The third-order valence-corrected chi connectivity index (χ3v) is 4.11. The second-order valence-electron chi connectivity index (χ2n) is 5.38. The average molecular weight is 299 g/mol. The van der Waals surface area contributed by atoms with Crippen molar-refractivity contribution in [2.24, 2.45) is 5.92 Å². The summed E-state index contributed by atoms with van der Waals surface area (Å²) in [7, 11) is 1.97. The van der Waals surface area contributed by atoms with Crippen LogP contribution in [0.15, 0.2) is 11.0 Å². The van der Waals surface area contributed by atoms with E-state index in [1.807, 2.05) is 14.0 Å². The van der Waals surface area contributed by atoms with Crippen molar-refractivity contribution in [2.75, 3.05) is 31.6 Å². The van der Waals surface area contributed by atoms with E-state index in [1.165, 1.54) is 11.1 Å². The first-order valence-electron chi connectivity index (χ1n) is 7.32. The predicted molar refractivity (Wildman–Crippen MR) is 82.7 cm³/mol. The molecule has 2 heterocycles. The Morgan fingerprint density at radius 2 is 2.35 bits per heavy atom. The van der Waals surface area contributed by atoms with Gasteiger partial charge in [0.1, 0.15) is 5.02 Å². The maximum absolute atomic E-state index is 12.2. The van der Waals surface area contributed by atoms with Gasteiger partial charge in [-0.1, -0.05) is 18.5 Å². The zero-order valence-corrected chi connectivity index (χ0v) is 13.0. The molecule has 1 N–H and O–H groups in total. The summed E-state index contributed by atoms with van der Waals surface area (Å²) in [5.74, 6) is 0.600. The normalized spacial score (nSPS) is 19.4. The van der Waals surface area contributed by atoms with Gasteiger partial charge in [-0.05, 0) is 38.8 Å². The molecule has 0 spiro atoms. The van der Waals surface area contributed by atoms with Gasteiger partial charge in [-0.15, -0.1) is 0 Å². The highest BCUT2D eigenvalue weighted by Gasteiger charge is 2.22. The fourth-order valence-corrected chi connectivity index (χ4v) is 3.05. The van der Waals surface area contributed by atoms with Gasteiger partial charge in [-0.25, -0.2) is 4.68 Å². The zero-order chi connectivity index (χ0) is 14.5. The minimum absolute atomic E-state index is 0.179. The SMILES string of the molecule is CCCn1ncc(N2CCCC(CNC)C2)c(Cl)c1=O. The van der Waals surface area contributed by atoms with Crippen LogP contribution < -0.4 is 15.8 Å². The Morgan fingerprint density at radius 1 is 1.55 bits per heavy atom. The Hall–Kier alpha value is -1.07. The highest BCUT2D eigenvalue weighted by Crippen LogP contribution is 2.26. The van der Waals surface area contributed by atoms with Crippen LogP contribution in [0.3, 0.4) is 0 Å². The van der Waals surface area contributed by atoms with Crippen molar-refractivity contribution in [3.8, 4) is 0 Å². The number of nitrogens with one attached hydrogen (secondary N) is 1. The van der Waals surface area contributed by atoms with Crippen molar-refractivity contribution < 1.29 is 0 Å². The lowest BCUT2D eigenvalue weighted by Gasteiger charge is -2.34. The first kappa shape index (κ1) is 15.3. The first-order valence-corrected chi connectivity index (χ1v) is 7.70. The fourth-order valence-electron chi connectivity index (χ4n) is 2.79. The van der Waals surface area contributed by atoms with E-state index in [9.17, 15) is 4.79 Å². The Morgan fingerprint density at radius 3 is 3.05 bits per heavy atom. The molecule has 0 amide bonds. The number of aryl methyl sites for hydroxylation is 1. The Labute approximate surface area is 124 Å². The highest BCUT2D eigenvalue weighted by atomic mass is 35.5. The number of anilines is 1. The Kier molecular flexibility index (Phi) is 5.43. The molecule has 112 valence electrons. The molecule has 20 heavy (non-hydrogen) atoms. The summed E-state index contributed by atoms with van der Waals surface area (Å²) < 4.78 is 1.45. The van der Waals surface area contributed by atoms with Crippen molar-refractivity contribution in [3.63, 3.8) is 0 Å². The number of nitrogens with zero attached hydrogens (tertiary/aromatic N) is 3. The number of hydrogen-bond acceptors (Lipinski definition) is 4. The van der Waals surface area contributed by atoms with E-state index in [2.05, 4.69) is 15.3 Å². The van der Waals surface area contributed by atoms with E-state index < -0.39 is 0 Å². The van der Waals surface area contributed by atoms with Gasteiger partial charge in [-0.3, -0.25) is 4.79 Å². The van der Waals surface area contributed by atoms with Gasteiger partial charge >= 0.3 is 0 Å². The van der Waals surface area contributed by atoms with Crippen LogP contribution in [-0.2, 0) is 6.54 Å². The van der Waals surface area contributed by atoms with Crippen molar-refractivity contribution in [1.82, 2.24) is 15.1 Å². The molecule has 5 nitrogen and oxygen atoms in total. The summed E-state index contributed by atoms with van der Waals surface area (Å²) in [6, 6.07) is 0. The Balaban J connectivity index is 2.20. The zero-order valence-electron chi connectivity index (χ0n) is 12.2. The molecule has 1 aliphatic rings. The molecule has 1 aromatic heterocycles. The summed E-state index contributed by atoms with van der Waals surface area (Å²) in [6.45, 7) is 5.50. The summed E-state index contributed by atoms with van der Waals surface area (Å²) in [6.07, 6.45) is 4.95. The van der Waals surface area contributed by atoms with E-state index in [0.717, 1.165) is 38.2 Å². The molecule has 1 aromatic rings. The second kappa shape index (κ2) is 7.09. The van der Waals surface area contributed by atoms with Crippen LogP contribution in [0.5, 0.6) is 0 Å². The molecule has 0 bridgehead atoms. The Bertz CT molecular complexity index is 500. The lowest BCUT2D eigenvalue weighted by atomic mass is 9.98. The van der Waals surface area contributed by atoms with Crippen LogP contribution in [0.1, 0.15) is 26.2 Å². The minimum Gasteiger partial charge on any atom is -0.369 e. The summed E-state index contributed by atoms with van der Waals surface area (Å²) in [5, 5.41) is 7.76. The number of piperidine rings is 1. The van der Waals surface area contributed by atoms with Crippen molar-refractivity contribution >= 4 is 17.3 Å². The minimum atomic E-state index is -0.179. The van der Waals surface area contributed by atoms with Crippen molar-refractivity contribution in [1.29, 1.82) is 0 Å². The lowest BCUT2D eigenvalue weighted by molar-refractivity contribution is 0.402. The van der Waals surface area contributed by atoms with Crippen molar-refractivity contribution in [3.05, 3.63) is 21.6 Å². The summed E-state index contributed by atoms with van der Waals surface area (Å²) in [5.41, 5.74) is 0.603. The molecule has 0 saturated carbocycles. The second-order valence-corrected chi connectivity index (χ2v) is 5.76. The molecular weight excluding hydrogens is 276 g/mol. The smallest absolute Gasteiger partial charge is 0.287 e. The summed E-state index contributed by atoms with van der Waals surface area (Å²) in [4.78, 5) is 14.4. The predicted octanol–water partition coefficient (Wildman–Crippen LogP) is 1.74. The molecule has 1 unspecified atom stereocenters. The maximum atomic E-state index is 12.2. The van der Waals surface area contributed by atoms with Gasteiger partial charge < -0.3 is 10.2 Å². The molecule has 1 fully saturated rings. The average Bonchev–Trinajstić information content (AvgIpc) is 2.45. The first-order chi connectivity index (χ1) is 9.67. The molecule has 0 aliphatic carbocycles. The van der Waals surface area contributed by atoms with Crippen LogP contribution in [0.25, 0.3) is 0 Å². The van der Waals surface area contributed by atoms with Gasteiger partial charge in [0, 0.05) is 19.6 Å². The molecule has 6 heteroatoms. The maximum Gasteiger partial charge on any atom is 0.287 e. The van der Waals surface area contributed by atoms with Crippen molar-refractivity contribution in [2.45, 2.75) is 32.7 Å². The third-order valence-electron chi connectivity index (χ3n) is 3.75. The number of halogens is 1. The number of aromatic nitrogens is 2. The molecule has 2 rings (SSSR count). The van der Waals surface area contributed by atoms with Crippen LogP contribution in [0.2, 0.25) is 5.02 Å². The van der Waals surface area contributed by atoms with Gasteiger partial charge in [0.15, 0.2) is 0 Å². The van der Waals surface area contributed by atoms with Crippen LogP contribution >= 0.6 is 11.6 Å². The summed E-state index contributed by atoms with van der Waals surface area (Å²) >= 11 is 6.26. The quantitative estimate of drug-likeness (QED) is 0.900. The molecular formula is C14H23ClN4O. The van der Waals surface area contributed by atoms with Gasteiger partial charge in [0.25, 0.3) is 5.56 Å². The van der Waals surface area contributed by atoms with E-state index in [-0.39, 0.29) is 5.56 Å². The van der Waals surface area contributed by atoms with Crippen LogP contribution in [0.4, 0.5) is 5.69 Å².